The molecule has 2 aromatic carbocycles. The highest BCUT2D eigenvalue weighted by molar-refractivity contribution is 5.95. The van der Waals surface area contributed by atoms with Crippen LogP contribution in [0.4, 0.5) is 20.6 Å². The van der Waals surface area contributed by atoms with Gasteiger partial charge in [0.05, 0.1) is 12.2 Å². The SMILES string of the molecule is CC[C@H]1CN(C(=O)N2CCC(C(=O)Nc3ccc(F)cc3)CC2)c2ccccc2O1. The molecule has 0 aliphatic carbocycles. The minimum atomic E-state index is -0.338. The van der Waals surface area contributed by atoms with Gasteiger partial charge in [0.15, 0.2) is 0 Å². The zero-order chi connectivity index (χ0) is 21.1. The lowest BCUT2D eigenvalue weighted by Crippen LogP contribution is -2.52. The number of hydrogen-bond donors (Lipinski definition) is 1. The van der Waals surface area contributed by atoms with E-state index in [4.69, 9.17) is 4.74 Å². The molecular formula is C23H26FN3O3. The number of nitrogens with one attached hydrogen (secondary N) is 1. The van der Waals surface area contributed by atoms with Gasteiger partial charge >= 0.3 is 6.03 Å². The second kappa shape index (κ2) is 8.73. The van der Waals surface area contributed by atoms with Crippen molar-refractivity contribution in [3.05, 3.63) is 54.3 Å². The zero-order valence-electron chi connectivity index (χ0n) is 17.0. The van der Waals surface area contributed by atoms with E-state index in [1.165, 1.54) is 12.1 Å². The van der Waals surface area contributed by atoms with Gasteiger partial charge in [-0.25, -0.2) is 9.18 Å². The standard InChI is InChI=1S/C23H26FN3O3/c1-2-19-15-27(20-5-3-4-6-21(20)30-19)23(29)26-13-11-16(12-14-26)22(28)25-18-9-7-17(24)8-10-18/h3-10,16,19H,2,11-15H2,1H3,(H,25,28)/t19-/m0/s1. The Morgan fingerprint density at radius 1 is 1.10 bits per heavy atom. The van der Waals surface area contributed by atoms with Gasteiger partial charge in [0.2, 0.25) is 5.91 Å². The number of urea groups is 1. The lowest BCUT2D eigenvalue weighted by Gasteiger charge is -2.39. The van der Waals surface area contributed by atoms with E-state index in [1.54, 1.807) is 17.0 Å². The molecule has 0 spiro atoms. The summed E-state index contributed by atoms with van der Waals surface area (Å²) in [5.74, 6) is 0.142. The van der Waals surface area contributed by atoms with Crippen molar-refractivity contribution in [1.82, 2.24) is 4.90 Å². The molecule has 2 aromatic rings. The fourth-order valence-corrected chi connectivity index (χ4v) is 3.97. The molecule has 1 N–H and O–H groups in total. The molecule has 4 rings (SSSR count). The van der Waals surface area contributed by atoms with Crippen LogP contribution >= 0.6 is 0 Å². The van der Waals surface area contributed by atoms with Gasteiger partial charge in [-0.05, 0) is 55.7 Å². The molecule has 0 radical (unpaired) electrons. The summed E-state index contributed by atoms with van der Waals surface area (Å²) in [7, 11) is 0. The molecule has 1 saturated heterocycles. The first kappa shape index (κ1) is 20.2. The second-order valence-electron chi connectivity index (χ2n) is 7.77. The zero-order valence-corrected chi connectivity index (χ0v) is 17.0. The minimum absolute atomic E-state index is 0.0251. The highest BCUT2D eigenvalue weighted by Gasteiger charge is 2.34. The van der Waals surface area contributed by atoms with Crippen molar-refractivity contribution in [3.63, 3.8) is 0 Å². The number of para-hydroxylation sites is 2. The maximum absolute atomic E-state index is 13.2. The van der Waals surface area contributed by atoms with E-state index in [1.807, 2.05) is 36.1 Å². The van der Waals surface area contributed by atoms with E-state index < -0.39 is 0 Å². The summed E-state index contributed by atoms with van der Waals surface area (Å²) >= 11 is 0. The summed E-state index contributed by atoms with van der Waals surface area (Å²) in [6, 6.07) is 13.3. The Kier molecular flexibility index (Phi) is 5.88. The number of fused-ring (bicyclic) bond motifs is 1. The molecule has 6 nitrogen and oxygen atoms in total. The molecule has 0 saturated carbocycles. The van der Waals surface area contributed by atoms with Crippen molar-refractivity contribution in [3.8, 4) is 5.75 Å². The van der Waals surface area contributed by atoms with Crippen molar-refractivity contribution in [2.24, 2.45) is 5.92 Å². The molecule has 2 aliphatic heterocycles. The number of benzene rings is 2. The maximum atomic E-state index is 13.2. The summed E-state index contributed by atoms with van der Waals surface area (Å²) in [5, 5.41) is 2.84. The van der Waals surface area contributed by atoms with E-state index in [0.29, 0.717) is 38.2 Å². The van der Waals surface area contributed by atoms with Crippen molar-refractivity contribution in [2.75, 3.05) is 29.9 Å². The van der Waals surface area contributed by atoms with Crippen LogP contribution < -0.4 is 15.0 Å². The monoisotopic (exact) mass is 411 g/mol. The quantitative estimate of drug-likeness (QED) is 0.820. The number of anilines is 2. The number of halogens is 1. The number of likely N-dealkylation sites (tertiary alicyclic amines) is 1. The van der Waals surface area contributed by atoms with Crippen LogP contribution in [0, 0.1) is 11.7 Å². The summed E-state index contributed by atoms with van der Waals surface area (Å²) in [5.41, 5.74) is 1.37. The lowest BCUT2D eigenvalue weighted by molar-refractivity contribution is -0.121. The van der Waals surface area contributed by atoms with Gasteiger partial charge in [0, 0.05) is 24.7 Å². The van der Waals surface area contributed by atoms with Gasteiger partial charge in [-0.2, -0.15) is 0 Å². The van der Waals surface area contributed by atoms with Crippen LogP contribution in [0.15, 0.2) is 48.5 Å². The average molecular weight is 411 g/mol. The Hall–Kier alpha value is -3.09. The van der Waals surface area contributed by atoms with E-state index in [0.717, 1.165) is 17.9 Å². The van der Waals surface area contributed by atoms with Crippen molar-refractivity contribution < 1.29 is 18.7 Å². The smallest absolute Gasteiger partial charge is 0.324 e. The molecule has 2 heterocycles. The number of hydrogen-bond acceptors (Lipinski definition) is 3. The molecule has 7 heteroatoms. The van der Waals surface area contributed by atoms with Crippen LogP contribution in [0.2, 0.25) is 0 Å². The first-order valence-electron chi connectivity index (χ1n) is 10.4. The Morgan fingerprint density at radius 3 is 2.50 bits per heavy atom. The molecule has 0 aromatic heterocycles. The molecule has 0 unspecified atom stereocenters. The van der Waals surface area contributed by atoms with Crippen LogP contribution in [-0.4, -0.2) is 42.6 Å². The number of ether oxygens (including phenoxy) is 1. The Balaban J connectivity index is 1.37. The van der Waals surface area contributed by atoms with Crippen LogP contribution in [0.25, 0.3) is 0 Å². The van der Waals surface area contributed by atoms with Crippen molar-refractivity contribution in [2.45, 2.75) is 32.3 Å². The topological polar surface area (TPSA) is 61.9 Å². The Morgan fingerprint density at radius 2 is 1.80 bits per heavy atom. The van der Waals surface area contributed by atoms with Gasteiger partial charge < -0.3 is 15.0 Å². The average Bonchev–Trinajstić information content (AvgIpc) is 2.79. The van der Waals surface area contributed by atoms with Gasteiger partial charge in [0.25, 0.3) is 0 Å². The highest BCUT2D eigenvalue weighted by Crippen LogP contribution is 2.35. The summed E-state index contributed by atoms with van der Waals surface area (Å²) in [6.45, 7) is 3.62. The number of carbonyl (C=O) groups is 2. The van der Waals surface area contributed by atoms with Gasteiger partial charge in [-0.3, -0.25) is 9.69 Å². The van der Waals surface area contributed by atoms with Gasteiger partial charge in [0.1, 0.15) is 17.7 Å². The van der Waals surface area contributed by atoms with Crippen molar-refractivity contribution >= 4 is 23.3 Å². The number of amides is 3. The van der Waals surface area contributed by atoms with Crippen LogP contribution in [0.5, 0.6) is 5.75 Å². The number of carbonyl (C=O) groups excluding carboxylic acids is 2. The van der Waals surface area contributed by atoms with Crippen LogP contribution in [0.3, 0.4) is 0 Å². The second-order valence-corrected chi connectivity index (χ2v) is 7.77. The first-order valence-corrected chi connectivity index (χ1v) is 10.4. The summed E-state index contributed by atoms with van der Waals surface area (Å²) < 4.78 is 19.0. The predicted octanol–water partition coefficient (Wildman–Crippen LogP) is 4.27. The van der Waals surface area contributed by atoms with E-state index in [2.05, 4.69) is 5.32 Å². The van der Waals surface area contributed by atoms with Crippen molar-refractivity contribution in [1.29, 1.82) is 0 Å². The minimum Gasteiger partial charge on any atom is -0.486 e. The Bertz CT molecular complexity index is 910. The maximum Gasteiger partial charge on any atom is 0.324 e. The normalized spacial score (nSPS) is 19.1. The number of piperidine rings is 1. The summed E-state index contributed by atoms with van der Waals surface area (Å²) in [6.07, 6.45) is 2.00. The molecule has 2 aliphatic rings. The van der Waals surface area contributed by atoms with Crippen LogP contribution in [0.1, 0.15) is 26.2 Å². The Labute approximate surface area is 175 Å². The first-order chi connectivity index (χ1) is 14.5. The predicted molar refractivity (Wildman–Crippen MR) is 113 cm³/mol. The third kappa shape index (κ3) is 4.25. The fraction of sp³-hybridized carbons (Fsp3) is 0.391. The van der Waals surface area contributed by atoms with E-state index in [9.17, 15) is 14.0 Å². The lowest BCUT2D eigenvalue weighted by atomic mass is 9.96. The third-order valence-corrected chi connectivity index (χ3v) is 5.77. The number of nitrogens with zero attached hydrogens (tertiary/aromatic N) is 2. The third-order valence-electron chi connectivity index (χ3n) is 5.77. The van der Waals surface area contributed by atoms with E-state index in [-0.39, 0.29) is 29.8 Å². The molecule has 158 valence electrons. The van der Waals surface area contributed by atoms with Crippen LogP contribution in [-0.2, 0) is 4.79 Å². The molecular weight excluding hydrogens is 385 g/mol. The molecule has 30 heavy (non-hydrogen) atoms. The van der Waals surface area contributed by atoms with E-state index >= 15 is 0 Å². The highest BCUT2D eigenvalue weighted by atomic mass is 19.1. The molecule has 0 bridgehead atoms. The fourth-order valence-electron chi connectivity index (χ4n) is 3.97. The summed E-state index contributed by atoms with van der Waals surface area (Å²) in [4.78, 5) is 29.4. The van der Waals surface area contributed by atoms with Gasteiger partial charge in [-0.15, -0.1) is 0 Å². The largest absolute Gasteiger partial charge is 0.486 e. The number of rotatable bonds is 3. The molecule has 3 amide bonds. The molecule has 1 fully saturated rings. The van der Waals surface area contributed by atoms with Gasteiger partial charge in [-0.1, -0.05) is 19.1 Å². The molecule has 1 atom stereocenters.